The van der Waals surface area contributed by atoms with Gasteiger partial charge in [0.2, 0.25) is 0 Å². The molecule has 2 aromatic carbocycles. The number of hydrogen-bond acceptors (Lipinski definition) is 4. The second-order valence-corrected chi connectivity index (χ2v) is 6.89. The number of unbranched alkanes of at least 4 members (excludes halogenated alkanes) is 1. The summed E-state index contributed by atoms with van der Waals surface area (Å²) in [5.74, 6) is -0.828. The maximum atomic E-state index is 12.3. The smallest absolute Gasteiger partial charge is 0.294 e. The zero-order valence-electron chi connectivity index (χ0n) is 16.1. The van der Waals surface area contributed by atoms with Gasteiger partial charge in [-0.1, -0.05) is 43.7 Å². The number of carbonyl (C=O) groups excluding carboxylic acids is 1. The van der Waals surface area contributed by atoms with Crippen molar-refractivity contribution >= 4 is 28.9 Å². The third-order valence-corrected chi connectivity index (χ3v) is 4.46. The standard InChI is InChI=1S/C21H23N5O2S/c1-2-3-7-15-10-12-16(13-11-15)22-21(29)24-23-20(28)19-18(27)14-26(25-19)17-8-5-4-6-9-17/h4-6,8-14,27H,2-3,7H2,1H3,(H,23,28)(H2,22,24,29). The number of thiocarbonyl (C=S) groups is 1. The van der Waals surface area contributed by atoms with Crippen LogP contribution in [0.15, 0.2) is 60.8 Å². The largest absolute Gasteiger partial charge is 0.504 e. The Bertz CT molecular complexity index is 970. The average Bonchev–Trinajstić information content (AvgIpc) is 3.14. The second kappa shape index (κ2) is 9.70. The number of aryl methyl sites for hydroxylation is 1. The molecule has 0 aliphatic rings. The van der Waals surface area contributed by atoms with Crippen molar-refractivity contribution in [2.24, 2.45) is 0 Å². The first kappa shape index (κ1) is 20.3. The molecule has 0 saturated carbocycles. The van der Waals surface area contributed by atoms with Crippen molar-refractivity contribution in [1.29, 1.82) is 0 Å². The van der Waals surface area contributed by atoms with Gasteiger partial charge in [-0.15, -0.1) is 0 Å². The molecule has 0 fully saturated rings. The van der Waals surface area contributed by atoms with Crippen molar-refractivity contribution in [3.63, 3.8) is 0 Å². The number of rotatable bonds is 6. The predicted octanol–water partition coefficient (Wildman–Crippen LogP) is 3.55. The van der Waals surface area contributed by atoms with E-state index < -0.39 is 5.91 Å². The van der Waals surface area contributed by atoms with Crippen molar-refractivity contribution in [2.45, 2.75) is 26.2 Å². The number of para-hydroxylation sites is 1. The van der Waals surface area contributed by atoms with E-state index in [0.717, 1.165) is 30.6 Å². The molecule has 0 bridgehead atoms. The highest BCUT2D eigenvalue weighted by Gasteiger charge is 2.17. The molecule has 1 amide bonds. The van der Waals surface area contributed by atoms with E-state index in [1.54, 1.807) is 0 Å². The van der Waals surface area contributed by atoms with E-state index in [1.165, 1.54) is 16.4 Å². The number of carbonyl (C=O) groups is 1. The molecule has 150 valence electrons. The number of hydrazine groups is 1. The molecule has 0 saturated heterocycles. The van der Waals surface area contributed by atoms with Crippen LogP contribution in [-0.4, -0.2) is 25.9 Å². The minimum Gasteiger partial charge on any atom is -0.504 e. The van der Waals surface area contributed by atoms with Crippen LogP contribution in [0.1, 0.15) is 35.8 Å². The minimum absolute atomic E-state index is 0.107. The molecule has 0 radical (unpaired) electrons. The molecule has 4 N–H and O–H groups in total. The van der Waals surface area contributed by atoms with E-state index in [1.807, 2.05) is 54.6 Å². The fourth-order valence-corrected chi connectivity index (χ4v) is 2.88. The van der Waals surface area contributed by atoms with Crippen molar-refractivity contribution in [1.82, 2.24) is 20.6 Å². The lowest BCUT2D eigenvalue weighted by Crippen LogP contribution is -2.43. The Balaban J connectivity index is 1.54. The number of benzene rings is 2. The molecule has 0 atom stereocenters. The van der Waals surface area contributed by atoms with E-state index >= 15 is 0 Å². The van der Waals surface area contributed by atoms with E-state index in [9.17, 15) is 9.90 Å². The SMILES string of the molecule is CCCCc1ccc(NC(=S)NNC(=O)c2nn(-c3ccccc3)cc2O)cc1. The first-order valence-corrected chi connectivity index (χ1v) is 9.78. The van der Waals surface area contributed by atoms with Crippen LogP contribution >= 0.6 is 12.2 Å². The summed E-state index contributed by atoms with van der Waals surface area (Å²) >= 11 is 5.20. The summed E-state index contributed by atoms with van der Waals surface area (Å²) in [5, 5.41) is 17.4. The van der Waals surface area contributed by atoms with E-state index in [4.69, 9.17) is 12.2 Å². The van der Waals surface area contributed by atoms with E-state index in [2.05, 4.69) is 28.2 Å². The number of nitrogens with one attached hydrogen (secondary N) is 3. The van der Waals surface area contributed by atoms with Gasteiger partial charge in [-0.3, -0.25) is 15.6 Å². The summed E-state index contributed by atoms with van der Waals surface area (Å²) in [6.45, 7) is 2.17. The van der Waals surface area contributed by atoms with Crippen molar-refractivity contribution < 1.29 is 9.90 Å². The average molecular weight is 410 g/mol. The Morgan fingerprint density at radius 3 is 2.52 bits per heavy atom. The fourth-order valence-electron chi connectivity index (χ4n) is 2.71. The van der Waals surface area contributed by atoms with Gasteiger partial charge in [0.25, 0.3) is 5.91 Å². The Morgan fingerprint density at radius 1 is 1.10 bits per heavy atom. The van der Waals surface area contributed by atoms with Crippen LogP contribution in [0.4, 0.5) is 5.69 Å². The van der Waals surface area contributed by atoms with Gasteiger partial charge >= 0.3 is 0 Å². The number of hydrogen-bond donors (Lipinski definition) is 4. The first-order valence-electron chi connectivity index (χ1n) is 9.37. The van der Waals surface area contributed by atoms with Gasteiger partial charge in [0.15, 0.2) is 16.6 Å². The third-order valence-electron chi connectivity index (χ3n) is 4.25. The van der Waals surface area contributed by atoms with Crippen LogP contribution in [0.25, 0.3) is 5.69 Å². The second-order valence-electron chi connectivity index (χ2n) is 6.48. The van der Waals surface area contributed by atoms with Crippen LogP contribution in [0.3, 0.4) is 0 Å². The summed E-state index contributed by atoms with van der Waals surface area (Å²) in [4.78, 5) is 12.3. The topological polar surface area (TPSA) is 91.2 Å². The molecule has 3 aromatic rings. The van der Waals surface area contributed by atoms with Crippen molar-refractivity contribution in [2.75, 3.05) is 5.32 Å². The van der Waals surface area contributed by atoms with Gasteiger partial charge in [-0.2, -0.15) is 5.10 Å². The molecule has 3 rings (SSSR count). The van der Waals surface area contributed by atoms with Gasteiger partial charge in [-0.05, 0) is 54.9 Å². The normalized spacial score (nSPS) is 10.4. The summed E-state index contributed by atoms with van der Waals surface area (Å²) in [7, 11) is 0. The van der Waals surface area contributed by atoms with Gasteiger partial charge in [0, 0.05) is 5.69 Å². The van der Waals surface area contributed by atoms with Gasteiger partial charge < -0.3 is 10.4 Å². The van der Waals surface area contributed by atoms with Gasteiger partial charge in [0.1, 0.15) is 0 Å². The summed E-state index contributed by atoms with van der Waals surface area (Å²) < 4.78 is 1.43. The molecule has 1 aromatic heterocycles. The Kier molecular flexibility index (Phi) is 6.80. The van der Waals surface area contributed by atoms with Crippen molar-refractivity contribution in [3.8, 4) is 11.4 Å². The first-order chi connectivity index (χ1) is 14.1. The zero-order valence-corrected chi connectivity index (χ0v) is 16.9. The quantitative estimate of drug-likeness (QED) is 0.368. The Labute approximate surface area is 174 Å². The highest BCUT2D eigenvalue weighted by molar-refractivity contribution is 7.80. The molecular weight excluding hydrogens is 386 g/mol. The number of aromatic nitrogens is 2. The van der Waals surface area contributed by atoms with Crippen LogP contribution in [0.2, 0.25) is 0 Å². The number of nitrogens with zero attached hydrogens (tertiary/aromatic N) is 2. The van der Waals surface area contributed by atoms with E-state index in [-0.39, 0.29) is 16.6 Å². The molecule has 0 unspecified atom stereocenters. The number of aromatic hydroxyl groups is 1. The van der Waals surface area contributed by atoms with Crippen molar-refractivity contribution in [3.05, 3.63) is 72.1 Å². The van der Waals surface area contributed by atoms with Crippen LogP contribution in [0.5, 0.6) is 5.75 Å². The summed E-state index contributed by atoms with van der Waals surface area (Å²) in [5.41, 5.74) is 7.76. The summed E-state index contributed by atoms with van der Waals surface area (Å²) in [6, 6.07) is 17.2. The Hall–Kier alpha value is -3.39. The minimum atomic E-state index is -0.601. The lowest BCUT2D eigenvalue weighted by molar-refractivity contribution is 0.0936. The predicted molar refractivity (Wildman–Crippen MR) is 117 cm³/mol. The third kappa shape index (κ3) is 5.55. The molecule has 0 spiro atoms. The van der Waals surface area contributed by atoms with Crippen LogP contribution < -0.4 is 16.2 Å². The molecule has 7 nitrogen and oxygen atoms in total. The zero-order chi connectivity index (χ0) is 20.6. The highest BCUT2D eigenvalue weighted by Crippen LogP contribution is 2.17. The molecular formula is C21H23N5O2S. The van der Waals surface area contributed by atoms with Crippen LogP contribution in [-0.2, 0) is 6.42 Å². The lowest BCUT2D eigenvalue weighted by atomic mass is 10.1. The molecule has 0 aliphatic heterocycles. The highest BCUT2D eigenvalue weighted by atomic mass is 32.1. The lowest BCUT2D eigenvalue weighted by Gasteiger charge is -2.11. The van der Waals surface area contributed by atoms with Crippen LogP contribution in [0, 0.1) is 0 Å². The van der Waals surface area contributed by atoms with E-state index in [0.29, 0.717) is 0 Å². The molecule has 8 heteroatoms. The molecule has 29 heavy (non-hydrogen) atoms. The van der Waals surface area contributed by atoms with Gasteiger partial charge in [-0.25, -0.2) is 4.68 Å². The number of anilines is 1. The summed E-state index contributed by atoms with van der Waals surface area (Å²) in [6.07, 6.45) is 4.74. The maximum Gasteiger partial charge on any atom is 0.294 e. The molecule has 1 heterocycles. The number of amides is 1. The fraction of sp³-hybridized carbons (Fsp3) is 0.190. The monoisotopic (exact) mass is 409 g/mol. The van der Waals surface area contributed by atoms with Gasteiger partial charge in [0.05, 0.1) is 11.9 Å². The molecule has 0 aliphatic carbocycles. The maximum absolute atomic E-state index is 12.3. The Morgan fingerprint density at radius 2 is 1.83 bits per heavy atom.